The second-order valence-corrected chi connectivity index (χ2v) is 16.4. The monoisotopic (exact) mass is 911 g/mol. The molecule has 0 bridgehead atoms. The van der Waals surface area contributed by atoms with Gasteiger partial charge >= 0.3 is 0 Å². The van der Waals surface area contributed by atoms with Crippen molar-refractivity contribution in [3.63, 3.8) is 0 Å². The molecule has 23 heteroatoms. The molecule has 7 N–H and O–H groups in total. The number of terminal acetylenes is 1. The lowest BCUT2D eigenvalue weighted by atomic mass is 10.1. The number of nitrogens with two attached hydrogens (primary N) is 2. The Balaban J connectivity index is 1.25. The summed E-state index contributed by atoms with van der Waals surface area (Å²) in [6.07, 6.45) is 12.5. The molecular formula is C42H70N16O7. The van der Waals surface area contributed by atoms with Crippen molar-refractivity contribution in [2.24, 2.45) is 11.5 Å². The van der Waals surface area contributed by atoms with Gasteiger partial charge in [-0.15, -0.1) is 16.6 Å². The number of aromatic nitrogens is 9. The number of amides is 2. The van der Waals surface area contributed by atoms with Crippen LogP contribution in [0.2, 0.25) is 0 Å². The molecule has 0 aliphatic carbocycles. The van der Waals surface area contributed by atoms with Crippen LogP contribution in [0.3, 0.4) is 0 Å². The first-order chi connectivity index (χ1) is 31.6. The van der Waals surface area contributed by atoms with E-state index in [0.717, 1.165) is 25.7 Å². The van der Waals surface area contributed by atoms with Crippen LogP contribution in [-0.2, 0) is 36.6 Å². The van der Waals surface area contributed by atoms with Crippen LogP contribution in [0.5, 0.6) is 0 Å². The van der Waals surface area contributed by atoms with Gasteiger partial charge in [0.05, 0.1) is 56.6 Å². The molecule has 3 aromatic heterocycles. The third kappa shape index (κ3) is 16.4. The standard InChI is InChI=1S/C42H70N16O7/c1-4-22-63-24-26-65-27-25-64-23-13-45-40-46-41(55-18-14-53(15-19-55)38(61)36(9-5-7-11-43)57-30-34(49-51-57)28-32(2)59)48-42(47-40)56-20-16-54(17-21-56)39(62)37(10-6-8-12-44)58-31-35(50-52-58)29-33(3)60/h1,30-33,36-37,59-60H,5-29,43-44H2,2-3H3,(H,45,46,47,48)/t32?,33?,36-,37-/m0/s1. The van der Waals surface area contributed by atoms with E-state index >= 15 is 0 Å². The van der Waals surface area contributed by atoms with Crippen LogP contribution in [0, 0.1) is 12.3 Å². The van der Waals surface area contributed by atoms with E-state index in [1.54, 1.807) is 35.6 Å². The second kappa shape index (κ2) is 27.4. The highest BCUT2D eigenvalue weighted by molar-refractivity contribution is 5.81. The Morgan fingerprint density at radius 2 is 1.14 bits per heavy atom. The van der Waals surface area contributed by atoms with Gasteiger partial charge in [0.15, 0.2) is 0 Å². The SMILES string of the molecule is C#CCOCCOCCOCCNc1nc(N2CCN(C(=O)[C@H](CCCCN)n3cc(CC(C)O)nn3)CC2)nc(N2CCN(C(=O)[C@H](CCCCN)n3cc(CC(C)O)nn3)CC2)n1. The Morgan fingerprint density at radius 1 is 0.692 bits per heavy atom. The van der Waals surface area contributed by atoms with Gasteiger partial charge in [-0.05, 0) is 65.5 Å². The number of piperazine rings is 2. The highest BCUT2D eigenvalue weighted by Crippen LogP contribution is 2.24. The van der Waals surface area contributed by atoms with Gasteiger partial charge in [0.2, 0.25) is 29.7 Å². The van der Waals surface area contributed by atoms with Gasteiger partial charge in [-0.25, -0.2) is 9.36 Å². The average Bonchev–Trinajstić information content (AvgIpc) is 3.97. The zero-order valence-electron chi connectivity index (χ0n) is 38.1. The molecule has 0 radical (unpaired) electrons. The molecule has 3 aromatic rings. The van der Waals surface area contributed by atoms with Crippen LogP contribution in [0.4, 0.5) is 17.8 Å². The number of carbonyl (C=O) groups excluding carboxylic acids is 2. The fourth-order valence-corrected chi connectivity index (χ4v) is 7.62. The third-order valence-electron chi connectivity index (χ3n) is 11.0. The summed E-state index contributed by atoms with van der Waals surface area (Å²) in [6.45, 7) is 10.9. The molecule has 0 aromatic carbocycles. The lowest BCUT2D eigenvalue weighted by Crippen LogP contribution is -2.52. The first-order valence-electron chi connectivity index (χ1n) is 22.9. The van der Waals surface area contributed by atoms with Gasteiger partial charge in [0.1, 0.15) is 18.7 Å². The minimum Gasteiger partial charge on any atom is -0.393 e. The molecule has 5 heterocycles. The minimum absolute atomic E-state index is 0.0467. The summed E-state index contributed by atoms with van der Waals surface area (Å²) >= 11 is 0. The predicted octanol–water partition coefficient (Wildman–Crippen LogP) is -0.966. The van der Waals surface area contributed by atoms with E-state index in [-0.39, 0.29) is 18.4 Å². The maximum absolute atomic E-state index is 14.1. The average molecular weight is 911 g/mol. The molecule has 2 saturated heterocycles. The summed E-state index contributed by atoms with van der Waals surface area (Å²) in [5, 5.41) is 40.0. The number of rotatable bonds is 29. The van der Waals surface area contributed by atoms with Crippen LogP contribution in [0.1, 0.15) is 75.8 Å². The maximum atomic E-state index is 14.1. The highest BCUT2D eigenvalue weighted by Gasteiger charge is 2.33. The van der Waals surface area contributed by atoms with Crippen molar-refractivity contribution in [3.8, 4) is 12.3 Å². The smallest absolute Gasteiger partial charge is 0.247 e. The predicted molar refractivity (Wildman–Crippen MR) is 242 cm³/mol. The van der Waals surface area contributed by atoms with E-state index in [4.69, 9.17) is 47.1 Å². The van der Waals surface area contributed by atoms with Crippen LogP contribution < -0.4 is 26.6 Å². The number of unbranched alkanes of at least 4 members (excludes halogenated alkanes) is 2. The molecule has 5 rings (SSSR count). The van der Waals surface area contributed by atoms with Crippen molar-refractivity contribution in [2.45, 2.75) is 89.5 Å². The number of carbonyl (C=O) groups is 2. The van der Waals surface area contributed by atoms with E-state index in [1.807, 2.05) is 9.80 Å². The number of hydrogen-bond donors (Lipinski definition) is 5. The minimum atomic E-state index is -0.577. The highest BCUT2D eigenvalue weighted by atomic mass is 16.5. The van der Waals surface area contributed by atoms with Crippen molar-refractivity contribution in [1.82, 2.24) is 54.7 Å². The zero-order chi connectivity index (χ0) is 46.4. The first-order valence-corrected chi connectivity index (χ1v) is 22.9. The van der Waals surface area contributed by atoms with Crippen LogP contribution in [0.15, 0.2) is 12.4 Å². The summed E-state index contributed by atoms with van der Waals surface area (Å²) in [5.41, 5.74) is 12.8. The van der Waals surface area contributed by atoms with Crippen molar-refractivity contribution >= 4 is 29.7 Å². The number of hydrogen-bond acceptors (Lipinski definition) is 19. The van der Waals surface area contributed by atoms with Crippen molar-refractivity contribution < 1.29 is 34.0 Å². The summed E-state index contributed by atoms with van der Waals surface area (Å²) < 4.78 is 19.7. The number of anilines is 3. The Kier molecular flexibility index (Phi) is 21.5. The summed E-state index contributed by atoms with van der Waals surface area (Å²) in [6, 6.07) is -1.08. The topological polar surface area (TPSA) is 279 Å². The quantitative estimate of drug-likeness (QED) is 0.0414. The number of nitrogens with one attached hydrogen (secondary N) is 1. The molecule has 0 spiro atoms. The molecule has 2 aliphatic heterocycles. The lowest BCUT2D eigenvalue weighted by Gasteiger charge is -2.38. The Hall–Kier alpha value is -5.09. The van der Waals surface area contributed by atoms with Crippen LogP contribution in [0.25, 0.3) is 0 Å². The fraction of sp³-hybridized carbons (Fsp3) is 0.738. The molecular weight excluding hydrogens is 841 g/mol. The Morgan fingerprint density at radius 3 is 1.57 bits per heavy atom. The summed E-state index contributed by atoms with van der Waals surface area (Å²) in [7, 11) is 0. The molecule has 65 heavy (non-hydrogen) atoms. The summed E-state index contributed by atoms with van der Waals surface area (Å²) in [5.74, 6) is 3.65. The lowest BCUT2D eigenvalue weighted by molar-refractivity contribution is -0.136. The Bertz CT molecular complexity index is 1780. The van der Waals surface area contributed by atoms with Gasteiger partial charge in [0.25, 0.3) is 0 Å². The van der Waals surface area contributed by atoms with Crippen molar-refractivity contribution in [2.75, 3.05) is 127 Å². The van der Waals surface area contributed by atoms with E-state index in [0.29, 0.717) is 160 Å². The van der Waals surface area contributed by atoms with E-state index < -0.39 is 24.3 Å². The normalized spacial score (nSPS) is 16.3. The molecule has 0 saturated carbocycles. The third-order valence-corrected chi connectivity index (χ3v) is 11.0. The number of aliphatic hydroxyl groups excluding tert-OH is 2. The van der Waals surface area contributed by atoms with Gasteiger partial charge in [0, 0.05) is 84.1 Å². The molecule has 2 fully saturated rings. The number of aliphatic hydroxyl groups is 2. The molecule has 23 nitrogen and oxygen atoms in total. The fourth-order valence-electron chi connectivity index (χ4n) is 7.62. The van der Waals surface area contributed by atoms with Crippen molar-refractivity contribution in [3.05, 3.63) is 23.8 Å². The molecule has 2 amide bonds. The maximum Gasteiger partial charge on any atom is 0.247 e. The largest absolute Gasteiger partial charge is 0.393 e. The van der Waals surface area contributed by atoms with Gasteiger partial charge < -0.3 is 60.8 Å². The Labute approximate surface area is 381 Å². The second-order valence-electron chi connectivity index (χ2n) is 16.4. The summed E-state index contributed by atoms with van der Waals surface area (Å²) in [4.78, 5) is 50.5. The first kappa shape index (κ1) is 50.9. The van der Waals surface area contributed by atoms with E-state index in [1.165, 1.54) is 0 Å². The zero-order valence-corrected chi connectivity index (χ0v) is 38.1. The molecule has 4 atom stereocenters. The van der Waals surface area contributed by atoms with Crippen LogP contribution >= 0.6 is 0 Å². The van der Waals surface area contributed by atoms with E-state index in [2.05, 4.69) is 41.7 Å². The molecule has 360 valence electrons. The number of ether oxygens (including phenoxy) is 3. The van der Waals surface area contributed by atoms with Gasteiger partial charge in [-0.2, -0.15) is 15.0 Å². The van der Waals surface area contributed by atoms with Gasteiger partial charge in [-0.1, -0.05) is 16.3 Å². The van der Waals surface area contributed by atoms with Crippen molar-refractivity contribution in [1.29, 1.82) is 0 Å². The van der Waals surface area contributed by atoms with Gasteiger partial charge in [-0.3, -0.25) is 9.59 Å². The molecule has 2 unspecified atom stereocenters. The number of nitrogens with zero attached hydrogens (tertiary/aromatic N) is 13. The molecule has 2 aliphatic rings. The van der Waals surface area contributed by atoms with E-state index in [9.17, 15) is 19.8 Å². The van der Waals surface area contributed by atoms with Crippen LogP contribution in [-0.4, -0.2) is 201 Å².